The molecule has 32 heavy (non-hydrogen) atoms. The van der Waals surface area contributed by atoms with Crippen molar-refractivity contribution in [2.24, 2.45) is 4.99 Å². The molecule has 0 spiro atoms. The van der Waals surface area contributed by atoms with E-state index < -0.39 is 0 Å². The van der Waals surface area contributed by atoms with Gasteiger partial charge >= 0.3 is 0 Å². The Morgan fingerprint density at radius 3 is 2.94 bits per heavy atom. The third kappa shape index (κ3) is 4.11. The van der Waals surface area contributed by atoms with Crippen LogP contribution in [-0.4, -0.2) is 78.9 Å². The van der Waals surface area contributed by atoms with Crippen LogP contribution < -0.4 is 10.1 Å². The van der Waals surface area contributed by atoms with Crippen LogP contribution in [-0.2, 0) is 4.74 Å². The van der Waals surface area contributed by atoms with E-state index in [0.29, 0.717) is 24.5 Å². The van der Waals surface area contributed by atoms with E-state index in [1.807, 2.05) is 6.92 Å². The second kappa shape index (κ2) is 9.10. The molecule has 2 aromatic rings. The molecule has 3 aliphatic rings. The molecule has 8 heteroatoms. The number of ether oxygens (including phenoxy) is 2. The maximum Gasteiger partial charge on any atom is 0.191 e. The highest BCUT2D eigenvalue weighted by Crippen LogP contribution is 2.39. The number of fused-ring (bicyclic) bond motifs is 3. The number of pyridine rings is 1. The van der Waals surface area contributed by atoms with Crippen molar-refractivity contribution in [3.8, 4) is 5.75 Å². The van der Waals surface area contributed by atoms with Gasteiger partial charge in [0.15, 0.2) is 5.78 Å². The summed E-state index contributed by atoms with van der Waals surface area (Å²) in [5, 5.41) is 3.47. The quantitative estimate of drug-likeness (QED) is 0.553. The second-order valence-electron chi connectivity index (χ2n) is 8.05. The minimum Gasteiger partial charge on any atom is -0.490 e. The summed E-state index contributed by atoms with van der Waals surface area (Å²) in [5.41, 5.74) is 3.47. The Kier molecular flexibility index (Phi) is 5.87. The van der Waals surface area contributed by atoms with Crippen LogP contribution in [0.1, 0.15) is 21.5 Å². The highest BCUT2D eigenvalue weighted by molar-refractivity contribution is 6.11. The first-order valence-electron chi connectivity index (χ1n) is 11.0. The lowest BCUT2D eigenvalue weighted by Crippen LogP contribution is -2.39. The molecular formula is C24H27N5O3. The van der Waals surface area contributed by atoms with Crippen LogP contribution in [0, 0.1) is 6.92 Å². The number of allylic oxidation sites excluding steroid dienone is 1. The summed E-state index contributed by atoms with van der Waals surface area (Å²) in [6.07, 6.45) is 4.87. The molecule has 0 atom stereocenters. The van der Waals surface area contributed by atoms with Gasteiger partial charge in [-0.25, -0.2) is 0 Å². The van der Waals surface area contributed by atoms with Crippen molar-refractivity contribution < 1.29 is 14.3 Å². The Bertz CT molecular complexity index is 1060. The molecule has 3 aliphatic heterocycles. The molecule has 0 amide bonds. The van der Waals surface area contributed by atoms with Crippen LogP contribution in [0.25, 0.3) is 0 Å². The van der Waals surface area contributed by atoms with Crippen molar-refractivity contribution in [3.63, 3.8) is 0 Å². The Morgan fingerprint density at radius 1 is 1.25 bits per heavy atom. The Labute approximate surface area is 187 Å². The zero-order valence-corrected chi connectivity index (χ0v) is 18.2. The van der Waals surface area contributed by atoms with E-state index in [1.54, 1.807) is 30.6 Å². The van der Waals surface area contributed by atoms with Crippen molar-refractivity contribution in [2.75, 3.05) is 57.9 Å². The summed E-state index contributed by atoms with van der Waals surface area (Å²) >= 11 is 0. The van der Waals surface area contributed by atoms with E-state index in [1.165, 1.54) is 0 Å². The molecule has 0 aliphatic carbocycles. The average Bonchev–Trinajstić information content (AvgIpc) is 3.32. The summed E-state index contributed by atoms with van der Waals surface area (Å²) in [6, 6.07) is 7.68. The monoisotopic (exact) mass is 433 g/mol. The van der Waals surface area contributed by atoms with Gasteiger partial charge in [-0.15, -0.1) is 0 Å². The van der Waals surface area contributed by atoms with Crippen molar-refractivity contribution in [1.29, 1.82) is 0 Å². The smallest absolute Gasteiger partial charge is 0.191 e. The number of benzene rings is 1. The zero-order valence-electron chi connectivity index (χ0n) is 18.2. The summed E-state index contributed by atoms with van der Waals surface area (Å²) in [7, 11) is 0. The zero-order chi connectivity index (χ0) is 21.9. The fourth-order valence-electron chi connectivity index (χ4n) is 4.22. The second-order valence-corrected chi connectivity index (χ2v) is 8.05. The predicted molar refractivity (Wildman–Crippen MR) is 122 cm³/mol. The number of carbonyl (C=O) groups is 1. The average molecular weight is 434 g/mol. The molecule has 0 radical (unpaired) electrons. The number of ketones is 1. The lowest BCUT2D eigenvalue weighted by atomic mass is 10.0. The first kappa shape index (κ1) is 20.7. The largest absolute Gasteiger partial charge is 0.490 e. The molecule has 1 aromatic carbocycles. The predicted octanol–water partition coefficient (Wildman–Crippen LogP) is 2.31. The molecule has 5 rings (SSSR count). The Balaban J connectivity index is 1.41. The van der Waals surface area contributed by atoms with Crippen molar-refractivity contribution in [3.05, 3.63) is 65.2 Å². The minimum absolute atomic E-state index is 0.0993. The van der Waals surface area contributed by atoms with Gasteiger partial charge in [-0.1, -0.05) is 6.07 Å². The summed E-state index contributed by atoms with van der Waals surface area (Å²) < 4.78 is 11.7. The van der Waals surface area contributed by atoms with Gasteiger partial charge in [-0.2, -0.15) is 0 Å². The number of rotatable bonds is 6. The van der Waals surface area contributed by atoms with E-state index in [9.17, 15) is 4.79 Å². The molecule has 1 aromatic heterocycles. The number of anilines is 1. The number of amidine groups is 1. The van der Waals surface area contributed by atoms with Crippen molar-refractivity contribution >= 4 is 17.3 Å². The number of nitrogens with zero attached hydrogens (tertiary/aromatic N) is 4. The van der Waals surface area contributed by atoms with Crippen molar-refractivity contribution in [1.82, 2.24) is 14.8 Å². The number of aromatic nitrogens is 1. The van der Waals surface area contributed by atoms with Gasteiger partial charge < -0.3 is 19.7 Å². The third-order valence-electron chi connectivity index (χ3n) is 5.95. The topological polar surface area (TPSA) is 79.3 Å². The van der Waals surface area contributed by atoms with Crippen LogP contribution >= 0.6 is 0 Å². The summed E-state index contributed by atoms with van der Waals surface area (Å²) in [4.78, 5) is 26.0. The Morgan fingerprint density at radius 2 is 2.12 bits per heavy atom. The van der Waals surface area contributed by atoms with E-state index >= 15 is 0 Å². The Hall–Kier alpha value is -3.23. The van der Waals surface area contributed by atoms with Gasteiger partial charge in [-0.05, 0) is 30.7 Å². The molecular weight excluding hydrogens is 406 g/mol. The fourth-order valence-corrected chi connectivity index (χ4v) is 4.22. The van der Waals surface area contributed by atoms with E-state index in [2.05, 4.69) is 32.2 Å². The fraction of sp³-hybridized carbons (Fsp3) is 0.375. The number of hydrogen-bond donors (Lipinski definition) is 1. The normalized spacial score (nSPS) is 19.2. The summed E-state index contributed by atoms with van der Waals surface area (Å²) in [6.45, 7) is 8.31. The van der Waals surface area contributed by atoms with Gasteiger partial charge in [-0.3, -0.25) is 19.7 Å². The van der Waals surface area contributed by atoms with Gasteiger partial charge in [0.25, 0.3) is 0 Å². The van der Waals surface area contributed by atoms with E-state index in [0.717, 1.165) is 67.8 Å². The molecule has 1 fully saturated rings. The van der Waals surface area contributed by atoms with Crippen LogP contribution in [0.15, 0.2) is 53.5 Å². The standard InChI is InChI=1S/C24H27N5O3/c1-17-4-5-19-22(23(17)32-14-11-28-9-12-31-13-10-28)27-21(29-8-7-26-24(19)29)15-20(30)18-3-2-6-25-16-18/h2-6,15-16,27H,7-14H2,1H3. The number of nitrogens with one attached hydrogen (secondary N) is 1. The lowest BCUT2D eigenvalue weighted by molar-refractivity contribution is 0.0322. The maximum absolute atomic E-state index is 12.8. The molecule has 1 N–H and O–H groups in total. The molecule has 166 valence electrons. The number of aryl methyl sites for hydroxylation is 1. The molecule has 0 saturated carbocycles. The number of hydrogen-bond acceptors (Lipinski definition) is 8. The lowest BCUT2D eigenvalue weighted by Gasteiger charge is -2.33. The van der Waals surface area contributed by atoms with Gasteiger partial charge in [0.05, 0.1) is 25.4 Å². The van der Waals surface area contributed by atoms with E-state index in [-0.39, 0.29) is 5.78 Å². The van der Waals surface area contributed by atoms with Crippen molar-refractivity contribution in [2.45, 2.75) is 6.92 Å². The van der Waals surface area contributed by atoms with Gasteiger partial charge in [0.1, 0.15) is 24.0 Å². The maximum atomic E-state index is 12.8. The van der Waals surface area contributed by atoms with Crippen LogP contribution in [0.4, 0.5) is 5.69 Å². The minimum atomic E-state index is -0.0993. The molecule has 8 nitrogen and oxygen atoms in total. The van der Waals surface area contributed by atoms with Crippen LogP contribution in [0.3, 0.4) is 0 Å². The summed E-state index contributed by atoms with van der Waals surface area (Å²) in [5.74, 6) is 2.30. The first-order chi connectivity index (χ1) is 15.7. The number of carbonyl (C=O) groups excluding carboxylic acids is 1. The van der Waals surface area contributed by atoms with Gasteiger partial charge in [0.2, 0.25) is 0 Å². The highest BCUT2D eigenvalue weighted by Gasteiger charge is 2.32. The molecule has 4 heterocycles. The molecule has 1 saturated heterocycles. The molecule has 0 unspecified atom stereocenters. The van der Waals surface area contributed by atoms with Crippen LogP contribution in [0.5, 0.6) is 5.75 Å². The number of aliphatic imine (C=N–C) groups is 1. The number of morpholine rings is 1. The molecule has 0 bridgehead atoms. The van der Waals surface area contributed by atoms with Crippen LogP contribution in [0.2, 0.25) is 0 Å². The van der Waals surface area contributed by atoms with Gasteiger partial charge in [0, 0.05) is 55.8 Å². The van der Waals surface area contributed by atoms with E-state index in [4.69, 9.17) is 14.5 Å². The SMILES string of the molecule is Cc1ccc2c(c1OCCN1CCOCC1)NC(=CC(=O)c1cccnc1)N1CCN=C21. The highest BCUT2D eigenvalue weighted by atomic mass is 16.5. The third-order valence-corrected chi connectivity index (χ3v) is 5.95. The first-order valence-corrected chi connectivity index (χ1v) is 11.0.